The predicted octanol–water partition coefficient (Wildman–Crippen LogP) is 1.34. The molecule has 8 heteroatoms. The lowest BCUT2D eigenvalue weighted by Gasteiger charge is -2.18. The van der Waals surface area contributed by atoms with E-state index in [1.165, 1.54) is 6.92 Å². The Balaban J connectivity index is 1.71. The van der Waals surface area contributed by atoms with Crippen LogP contribution < -0.4 is 14.8 Å². The number of urea groups is 1. The van der Waals surface area contributed by atoms with Gasteiger partial charge in [0, 0.05) is 13.1 Å². The van der Waals surface area contributed by atoms with E-state index in [4.69, 9.17) is 14.2 Å². The fourth-order valence-electron chi connectivity index (χ4n) is 2.26. The van der Waals surface area contributed by atoms with Crippen molar-refractivity contribution < 1.29 is 28.6 Å². The quantitative estimate of drug-likeness (QED) is 0.711. The van der Waals surface area contributed by atoms with E-state index in [2.05, 4.69) is 5.32 Å². The van der Waals surface area contributed by atoms with E-state index < -0.39 is 24.0 Å². The highest BCUT2D eigenvalue weighted by atomic mass is 16.6. The minimum absolute atomic E-state index is 0.00295. The molecule has 0 saturated carbocycles. The van der Waals surface area contributed by atoms with E-state index in [0.29, 0.717) is 18.9 Å². The standard InChI is InChI=1S/C17H22N2O6/c1-3-23-13-4-6-14(7-5-13)24-11-8-15(20)25-12(2)16(21)19-10-9-18-17(19)22/h4-7,12H,3,8-11H2,1-2H3,(H,18,22). The Kier molecular flexibility index (Phi) is 6.62. The van der Waals surface area contributed by atoms with Crippen LogP contribution in [0.4, 0.5) is 4.79 Å². The van der Waals surface area contributed by atoms with E-state index in [-0.39, 0.29) is 19.6 Å². The van der Waals surface area contributed by atoms with E-state index >= 15 is 0 Å². The summed E-state index contributed by atoms with van der Waals surface area (Å²) in [5.41, 5.74) is 0. The molecule has 1 atom stereocenters. The number of nitrogens with one attached hydrogen (secondary N) is 1. The fraction of sp³-hybridized carbons (Fsp3) is 0.471. The van der Waals surface area contributed by atoms with Crippen LogP contribution in [-0.2, 0) is 14.3 Å². The summed E-state index contributed by atoms with van der Waals surface area (Å²) in [5, 5.41) is 2.52. The molecular formula is C17H22N2O6. The third kappa shape index (κ3) is 5.37. The van der Waals surface area contributed by atoms with Crippen LogP contribution in [0.25, 0.3) is 0 Å². The molecule has 1 unspecified atom stereocenters. The van der Waals surface area contributed by atoms with Crippen LogP contribution in [0.2, 0.25) is 0 Å². The Labute approximate surface area is 146 Å². The molecule has 8 nitrogen and oxygen atoms in total. The van der Waals surface area contributed by atoms with Crippen molar-refractivity contribution in [1.29, 1.82) is 0 Å². The molecule has 3 amide bonds. The maximum absolute atomic E-state index is 12.0. The molecule has 1 aliphatic heterocycles. The van der Waals surface area contributed by atoms with Crippen LogP contribution in [0.5, 0.6) is 11.5 Å². The van der Waals surface area contributed by atoms with Crippen molar-refractivity contribution in [2.24, 2.45) is 0 Å². The van der Waals surface area contributed by atoms with Crippen molar-refractivity contribution >= 4 is 17.9 Å². The number of carbonyl (C=O) groups is 3. The minimum Gasteiger partial charge on any atom is -0.494 e. The number of esters is 1. The third-order valence-corrected chi connectivity index (χ3v) is 3.49. The Bertz CT molecular complexity index is 616. The number of rotatable bonds is 8. The monoisotopic (exact) mass is 350 g/mol. The number of nitrogens with zero attached hydrogens (tertiary/aromatic N) is 1. The normalized spacial score (nSPS) is 14.6. The molecule has 1 N–H and O–H groups in total. The summed E-state index contributed by atoms with van der Waals surface area (Å²) >= 11 is 0. The highest BCUT2D eigenvalue weighted by molar-refractivity contribution is 5.98. The molecule has 1 heterocycles. The van der Waals surface area contributed by atoms with Gasteiger partial charge in [0.15, 0.2) is 6.10 Å². The van der Waals surface area contributed by atoms with Gasteiger partial charge in [0.25, 0.3) is 5.91 Å². The van der Waals surface area contributed by atoms with Gasteiger partial charge in [0.1, 0.15) is 11.5 Å². The maximum atomic E-state index is 12.0. The molecule has 1 fully saturated rings. The predicted molar refractivity (Wildman–Crippen MR) is 88.4 cm³/mol. The molecule has 1 aliphatic rings. The van der Waals surface area contributed by atoms with Crippen molar-refractivity contribution in [2.45, 2.75) is 26.4 Å². The number of imide groups is 1. The number of ether oxygens (including phenoxy) is 3. The van der Waals surface area contributed by atoms with Crippen LogP contribution in [0, 0.1) is 0 Å². The Morgan fingerprint density at radius 3 is 2.40 bits per heavy atom. The van der Waals surface area contributed by atoms with Gasteiger partial charge in [-0.15, -0.1) is 0 Å². The van der Waals surface area contributed by atoms with Gasteiger partial charge in [-0.1, -0.05) is 0 Å². The van der Waals surface area contributed by atoms with Gasteiger partial charge in [-0.2, -0.15) is 0 Å². The number of hydrogen-bond donors (Lipinski definition) is 1. The first-order chi connectivity index (χ1) is 12.0. The molecule has 1 aromatic carbocycles. The lowest BCUT2D eigenvalue weighted by atomic mass is 10.3. The summed E-state index contributed by atoms with van der Waals surface area (Å²) in [7, 11) is 0. The van der Waals surface area contributed by atoms with Gasteiger partial charge in [0.2, 0.25) is 0 Å². The largest absolute Gasteiger partial charge is 0.494 e. The lowest BCUT2D eigenvalue weighted by Crippen LogP contribution is -2.41. The first-order valence-corrected chi connectivity index (χ1v) is 8.15. The number of benzene rings is 1. The second kappa shape index (κ2) is 8.91. The number of amides is 3. The lowest BCUT2D eigenvalue weighted by molar-refractivity contribution is -0.157. The van der Waals surface area contributed by atoms with Crippen molar-refractivity contribution in [1.82, 2.24) is 10.2 Å². The second-order valence-electron chi connectivity index (χ2n) is 5.36. The maximum Gasteiger partial charge on any atom is 0.324 e. The van der Waals surface area contributed by atoms with Gasteiger partial charge in [-0.25, -0.2) is 4.79 Å². The molecule has 0 aliphatic carbocycles. The average molecular weight is 350 g/mol. The Morgan fingerprint density at radius 2 is 1.84 bits per heavy atom. The van der Waals surface area contributed by atoms with E-state index in [9.17, 15) is 14.4 Å². The fourth-order valence-corrected chi connectivity index (χ4v) is 2.26. The molecule has 2 rings (SSSR count). The first-order valence-electron chi connectivity index (χ1n) is 8.15. The van der Waals surface area contributed by atoms with Crippen LogP contribution in [0.15, 0.2) is 24.3 Å². The van der Waals surface area contributed by atoms with Crippen molar-refractivity contribution in [3.63, 3.8) is 0 Å². The first kappa shape index (κ1) is 18.6. The summed E-state index contributed by atoms with van der Waals surface area (Å²) in [6.07, 6.45) is -1.02. The SMILES string of the molecule is CCOc1ccc(OCCC(=O)OC(C)C(=O)N2CCNC2=O)cc1. The minimum atomic E-state index is -1.01. The molecule has 0 aromatic heterocycles. The van der Waals surface area contributed by atoms with Gasteiger partial charge in [-0.3, -0.25) is 14.5 Å². The molecule has 136 valence electrons. The van der Waals surface area contributed by atoms with E-state index in [0.717, 1.165) is 10.6 Å². The summed E-state index contributed by atoms with van der Waals surface area (Å²) < 4.78 is 15.8. The number of hydrogen-bond acceptors (Lipinski definition) is 6. The summed E-state index contributed by atoms with van der Waals surface area (Å²) in [5.74, 6) is 0.254. The van der Waals surface area contributed by atoms with Crippen molar-refractivity contribution in [2.75, 3.05) is 26.3 Å². The van der Waals surface area contributed by atoms with E-state index in [1.54, 1.807) is 24.3 Å². The summed E-state index contributed by atoms with van der Waals surface area (Å²) in [4.78, 5) is 36.3. The molecule has 25 heavy (non-hydrogen) atoms. The molecular weight excluding hydrogens is 328 g/mol. The average Bonchev–Trinajstić information content (AvgIpc) is 3.02. The van der Waals surface area contributed by atoms with Crippen LogP contribution >= 0.6 is 0 Å². The summed E-state index contributed by atoms with van der Waals surface area (Å²) in [6, 6.07) is 6.58. The zero-order valence-electron chi connectivity index (χ0n) is 14.3. The van der Waals surface area contributed by atoms with Gasteiger partial charge in [-0.05, 0) is 38.1 Å². The highest BCUT2D eigenvalue weighted by Gasteiger charge is 2.31. The topological polar surface area (TPSA) is 94.2 Å². The van der Waals surface area contributed by atoms with Crippen LogP contribution in [-0.4, -0.2) is 55.2 Å². The highest BCUT2D eigenvalue weighted by Crippen LogP contribution is 2.17. The summed E-state index contributed by atoms with van der Waals surface area (Å²) in [6.45, 7) is 4.73. The number of carbonyl (C=O) groups excluding carboxylic acids is 3. The van der Waals surface area contributed by atoms with Gasteiger partial charge in [0.05, 0.1) is 19.6 Å². The molecule has 0 bridgehead atoms. The molecule has 0 spiro atoms. The van der Waals surface area contributed by atoms with Crippen molar-refractivity contribution in [3.8, 4) is 11.5 Å². The molecule has 1 saturated heterocycles. The van der Waals surface area contributed by atoms with Gasteiger partial charge < -0.3 is 19.5 Å². The smallest absolute Gasteiger partial charge is 0.324 e. The molecule has 0 radical (unpaired) electrons. The zero-order chi connectivity index (χ0) is 18.2. The second-order valence-corrected chi connectivity index (χ2v) is 5.36. The van der Waals surface area contributed by atoms with Crippen LogP contribution in [0.3, 0.4) is 0 Å². The van der Waals surface area contributed by atoms with Crippen molar-refractivity contribution in [3.05, 3.63) is 24.3 Å². The third-order valence-electron chi connectivity index (χ3n) is 3.49. The Hall–Kier alpha value is -2.77. The van der Waals surface area contributed by atoms with E-state index in [1.807, 2.05) is 6.92 Å². The zero-order valence-corrected chi connectivity index (χ0v) is 14.3. The molecule has 1 aromatic rings. The Morgan fingerprint density at radius 1 is 1.20 bits per heavy atom. The van der Waals surface area contributed by atoms with Crippen LogP contribution in [0.1, 0.15) is 20.3 Å². The van der Waals surface area contributed by atoms with Gasteiger partial charge >= 0.3 is 12.0 Å².